The molecule has 9 heteroatoms. The lowest BCUT2D eigenvalue weighted by molar-refractivity contribution is -0.122. The number of fused-ring (bicyclic) bond motifs is 1. The zero-order valence-electron chi connectivity index (χ0n) is 25.3. The maximum absolute atomic E-state index is 12.5. The summed E-state index contributed by atoms with van der Waals surface area (Å²) in [5.74, 6) is 1.77. The standard InChI is InChI=1S/C33H43N7O2/c1-23-35-26(21-40(23)22-30(41)34-19-27-7-6-18-42-27)20-38-14-16-39(17-15-38)29-9-5-8-28-31(29)37-32(36-28)24-10-12-25(13-11-24)33(2,3)4/h5,8-13,21,27H,6-7,14-20,22H2,1-4H3,(H,34,41)(H,36,37). The van der Waals surface area contributed by atoms with Crippen LogP contribution >= 0.6 is 0 Å². The molecule has 9 nitrogen and oxygen atoms in total. The van der Waals surface area contributed by atoms with Crippen molar-refractivity contribution < 1.29 is 9.53 Å². The van der Waals surface area contributed by atoms with E-state index in [2.05, 4.69) is 83.3 Å². The Morgan fingerprint density at radius 2 is 1.86 bits per heavy atom. The van der Waals surface area contributed by atoms with Gasteiger partial charge in [-0.1, -0.05) is 51.1 Å². The van der Waals surface area contributed by atoms with Gasteiger partial charge in [0.25, 0.3) is 0 Å². The monoisotopic (exact) mass is 569 g/mol. The maximum atomic E-state index is 12.5. The number of aryl methyl sites for hydroxylation is 1. The van der Waals surface area contributed by atoms with E-state index in [9.17, 15) is 4.79 Å². The number of piperazine rings is 1. The molecule has 2 aromatic carbocycles. The van der Waals surface area contributed by atoms with E-state index in [1.54, 1.807) is 0 Å². The third-order valence-corrected chi connectivity index (χ3v) is 8.51. The van der Waals surface area contributed by atoms with Gasteiger partial charge in [0, 0.05) is 57.6 Å². The van der Waals surface area contributed by atoms with Crippen molar-refractivity contribution in [1.29, 1.82) is 0 Å². The number of imidazole rings is 2. The highest BCUT2D eigenvalue weighted by Gasteiger charge is 2.22. The van der Waals surface area contributed by atoms with Crippen LogP contribution in [0, 0.1) is 6.92 Å². The first-order chi connectivity index (χ1) is 20.2. The molecule has 0 aliphatic carbocycles. The van der Waals surface area contributed by atoms with Crippen molar-refractivity contribution in [2.45, 2.75) is 65.1 Å². The molecule has 0 spiro atoms. The quantitative estimate of drug-likeness (QED) is 0.321. The lowest BCUT2D eigenvalue weighted by atomic mass is 9.87. The molecule has 0 bridgehead atoms. The minimum absolute atomic E-state index is 0.00351. The molecule has 4 heterocycles. The van der Waals surface area contributed by atoms with E-state index in [0.717, 1.165) is 86.1 Å². The summed E-state index contributed by atoms with van der Waals surface area (Å²) in [6.45, 7) is 14.8. The van der Waals surface area contributed by atoms with Gasteiger partial charge in [0.05, 0.1) is 23.0 Å². The molecule has 0 radical (unpaired) electrons. The summed E-state index contributed by atoms with van der Waals surface area (Å²) in [6, 6.07) is 15.1. The van der Waals surface area contributed by atoms with E-state index in [1.807, 2.05) is 17.7 Å². The molecule has 2 N–H and O–H groups in total. The summed E-state index contributed by atoms with van der Waals surface area (Å²) in [5, 5.41) is 3.01. The second-order valence-electron chi connectivity index (χ2n) is 12.7. The van der Waals surface area contributed by atoms with Crippen LogP contribution in [0.5, 0.6) is 0 Å². The normalized spacial score (nSPS) is 18.2. The molecule has 4 aromatic rings. The molecule has 2 aliphatic rings. The number of hydrogen-bond donors (Lipinski definition) is 2. The van der Waals surface area contributed by atoms with Crippen molar-refractivity contribution in [3.63, 3.8) is 0 Å². The van der Waals surface area contributed by atoms with Gasteiger partial charge in [0.1, 0.15) is 23.7 Å². The van der Waals surface area contributed by atoms with Gasteiger partial charge in [-0.15, -0.1) is 0 Å². The molecule has 6 rings (SSSR count). The van der Waals surface area contributed by atoms with Crippen LogP contribution < -0.4 is 10.2 Å². The second-order valence-corrected chi connectivity index (χ2v) is 12.7. The molecule has 2 saturated heterocycles. The number of nitrogens with one attached hydrogen (secondary N) is 2. The van der Waals surface area contributed by atoms with Gasteiger partial charge in [-0.05, 0) is 42.9 Å². The SMILES string of the molecule is Cc1nc(CN2CCN(c3cccc4[nH]c(-c5ccc(C(C)(C)C)cc5)nc34)CC2)cn1CC(=O)NCC1CCCO1. The van der Waals surface area contributed by atoms with Gasteiger partial charge in [-0.3, -0.25) is 9.69 Å². The van der Waals surface area contributed by atoms with E-state index in [1.165, 1.54) is 11.3 Å². The van der Waals surface area contributed by atoms with Crippen LogP contribution in [0.15, 0.2) is 48.7 Å². The van der Waals surface area contributed by atoms with Crippen LogP contribution in [-0.4, -0.2) is 75.8 Å². The van der Waals surface area contributed by atoms with E-state index >= 15 is 0 Å². The highest BCUT2D eigenvalue weighted by molar-refractivity contribution is 5.91. The van der Waals surface area contributed by atoms with E-state index < -0.39 is 0 Å². The lowest BCUT2D eigenvalue weighted by Gasteiger charge is -2.35. The fourth-order valence-corrected chi connectivity index (χ4v) is 5.97. The Kier molecular flexibility index (Phi) is 8.05. The van der Waals surface area contributed by atoms with E-state index in [0.29, 0.717) is 6.54 Å². The molecule has 2 aromatic heterocycles. The minimum atomic E-state index is 0.00351. The van der Waals surface area contributed by atoms with Crippen molar-refractivity contribution in [3.8, 4) is 11.4 Å². The number of carbonyl (C=O) groups excluding carboxylic acids is 1. The van der Waals surface area contributed by atoms with Gasteiger partial charge >= 0.3 is 0 Å². The van der Waals surface area contributed by atoms with E-state index in [-0.39, 0.29) is 24.0 Å². The summed E-state index contributed by atoms with van der Waals surface area (Å²) in [5.41, 5.74) is 6.81. The van der Waals surface area contributed by atoms with Gasteiger partial charge in [0.2, 0.25) is 5.91 Å². The maximum Gasteiger partial charge on any atom is 0.240 e. The highest BCUT2D eigenvalue weighted by Crippen LogP contribution is 2.30. The van der Waals surface area contributed by atoms with Crippen molar-refractivity contribution in [2.75, 3.05) is 44.2 Å². The van der Waals surface area contributed by atoms with Crippen LogP contribution in [0.3, 0.4) is 0 Å². The Labute approximate surface area is 248 Å². The summed E-state index contributed by atoms with van der Waals surface area (Å²) >= 11 is 0. The Hall–Kier alpha value is -3.69. The van der Waals surface area contributed by atoms with Crippen molar-refractivity contribution in [2.24, 2.45) is 0 Å². The average molecular weight is 570 g/mol. The first kappa shape index (κ1) is 28.4. The van der Waals surface area contributed by atoms with Crippen LogP contribution in [0.2, 0.25) is 0 Å². The number of rotatable bonds is 8. The zero-order chi connectivity index (χ0) is 29.3. The number of benzene rings is 2. The minimum Gasteiger partial charge on any atom is -0.376 e. The number of hydrogen-bond acceptors (Lipinski definition) is 6. The summed E-state index contributed by atoms with van der Waals surface area (Å²) in [6.07, 6.45) is 4.27. The first-order valence-electron chi connectivity index (χ1n) is 15.2. The van der Waals surface area contributed by atoms with E-state index in [4.69, 9.17) is 14.7 Å². The number of carbonyl (C=O) groups is 1. The smallest absolute Gasteiger partial charge is 0.240 e. The summed E-state index contributed by atoms with van der Waals surface area (Å²) in [7, 11) is 0. The molecule has 222 valence electrons. The molecule has 2 fully saturated rings. The molecular formula is C33H43N7O2. The third-order valence-electron chi connectivity index (χ3n) is 8.51. The first-order valence-corrected chi connectivity index (χ1v) is 15.2. The fraction of sp³-hybridized carbons (Fsp3) is 0.485. The Morgan fingerprint density at radius 3 is 2.57 bits per heavy atom. The third kappa shape index (κ3) is 6.37. The predicted octanol–water partition coefficient (Wildman–Crippen LogP) is 4.65. The molecule has 1 amide bonds. The largest absolute Gasteiger partial charge is 0.376 e. The number of H-pyrrole nitrogens is 1. The number of para-hydroxylation sites is 1. The molecular weight excluding hydrogens is 526 g/mol. The van der Waals surface area contributed by atoms with Crippen molar-refractivity contribution >= 4 is 22.6 Å². The van der Waals surface area contributed by atoms with Gasteiger partial charge in [0.15, 0.2) is 0 Å². The number of aromatic nitrogens is 4. The van der Waals surface area contributed by atoms with Crippen molar-refractivity contribution in [1.82, 2.24) is 29.7 Å². The average Bonchev–Trinajstić information content (AvgIpc) is 3.72. The molecule has 0 saturated carbocycles. The number of aromatic amines is 1. The molecule has 1 unspecified atom stereocenters. The molecule has 2 aliphatic heterocycles. The highest BCUT2D eigenvalue weighted by atomic mass is 16.5. The molecule has 42 heavy (non-hydrogen) atoms. The van der Waals surface area contributed by atoms with Gasteiger partial charge in [-0.2, -0.15) is 0 Å². The Balaban J connectivity index is 1.06. The van der Waals surface area contributed by atoms with Crippen LogP contribution in [0.4, 0.5) is 5.69 Å². The zero-order valence-corrected chi connectivity index (χ0v) is 25.3. The topological polar surface area (TPSA) is 91.3 Å². The molecule has 1 atom stereocenters. The Bertz CT molecular complexity index is 1520. The van der Waals surface area contributed by atoms with Gasteiger partial charge < -0.3 is 24.5 Å². The summed E-state index contributed by atoms with van der Waals surface area (Å²) < 4.78 is 7.55. The Morgan fingerprint density at radius 1 is 1.07 bits per heavy atom. The fourth-order valence-electron chi connectivity index (χ4n) is 5.97. The second kappa shape index (κ2) is 11.9. The predicted molar refractivity (Wildman–Crippen MR) is 167 cm³/mol. The van der Waals surface area contributed by atoms with Gasteiger partial charge in [-0.25, -0.2) is 9.97 Å². The van der Waals surface area contributed by atoms with Crippen LogP contribution in [0.1, 0.15) is 50.7 Å². The number of nitrogens with zero attached hydrogens (tertiary/aromatic N) is 5. The number of anilines is 1. The van der Waals surface area contributed by atoms with Crippen LogP contribution in [0.25, 0.3) is 22.4 Å². The van der Waals surface area contributed by atoms with Crippen LogP contribution in [-0.2, 0) is 28.0 Å². The number of amides is 1. The lowest BCUT2D eigenvalue weighted by Crippen LogP contribution is -2.46. The number of ether oxygens (including phenoxy) is 1. The van der Waals surface area contributed by atoms with Crippen molar-refractivity contribution in [3.05, 3.63) is 65.7 Å². The summed E-state index contributed by atoms with van der Waals surface area (Å²) in [4.78, 5) is 30.7.